The molecule has 2 aromatic carbocycles. The Morgan fingerprint density at radius 2 is 1.62 bits per heavy atom. The number of rotatable bonds is 6. The summed E-state index contributed by atoms with van der Waals surface area (Å²) >= 11 is 0. The van der Waals surface area contributed by atoms with Crippen molar-refractivity contribution in [2.75, 3.05) is 13.1 Å². The lowest BCUT2D eigenvalue weighted by atomic mass is 9.90. The highest BCUT2D eigenvalue weighted by atomic mass is 14.8. The Morgan fingerprint density at radius 3 is 2.24 bits per heavy atom. The quantitative estimate of drug-likeness (QED) is 0.819. The average Bonchev–Trinajstić information content (AvgIpc) is 2.42. The fourth-order valence-corrected chi connectivity index (χ4v) is 3.02. The minimum Gasteiger partial charge on any atom is -0.316 e. The monoisotopic (exact) mass is 281 g/mol. The number of benzene rings is 2. The maximum atomic E-state index is 3.52. The van der Waals surface area contributed by atoms with E-state index in [0.29, 0.717) is 5.92 Å². The van der Waals surface area contributed by atoms with Crippen LogP contribution in [0.15, 0.2) is 42.5 Å². The SMILES string of the molecule is CCNCC(Cc1cc(C)cc(C)c1)c1cccc(C)c1. The zero-order valence-corrected chi connectivity index (χ0v) is 13.7. The third-order valence-corrected chi connectivity index (χ3v) is 3.92. The van der Waals surface area contributed by atoms with Crippen molar-refractivity contribution in [3.8, 4) is 0 Å². The molecule has 112 valence electrons. The Balaban J connectivity index is 2.23. The van der Waals surface area contributed by atoms with Crippen LogP contribution in [0.5, 0.6) is 0 Å². The number of likely N-dealkylation sites (N-methyl/N-ethyl adjacent to an activating group) is 1. The second kappa shape index (κ2) is 7.42. The van der Waals surface area contributed by atoms with Crippen molar-refractivity contribution in [1.29, 1.82) is 0 Å². The first kappa shape index (κ1) is 15.8. The Hall–Kier alpha value is -1.60. The van der Waals surface area contributed by atoms with Gasteiger partial charge in [-0.1, -0.05) is 66.1 Å². The molecule has 0 aliphatic carbocycles. The zero-order valence-electron chi connectivity index (χ0n) is 13.7. The summed E-state index contributed by atoms with van der Waals surface area (Å²) in [5, 5.41) is 3.52. The van der Waals surface area contributed by atoms with Gasteiger partial charge in [0.15, 0.2) is 0 Å². The molecule has 1 atom stereocenters. The molecule has 0 saturated carbocycles. The molecule has 1 unspecified atom stereocenters. The van der Waals surface area contributed by atoms with Crippen molar-refractivity contribution in [1.82, 2.24) is 5.32 Å². The second-order valence-electron chi connectivity index (χ2n) is 6.12. The maximum Gasteiger partial charge on any atom is 0.00232 e. The molecule has 0 amide bonds. The van der Waals surface area contributed by atoms with E-state index < -0.39 is 0 Å². The van der Waals surface area contributed by atoms with E-state index in [4.69, 9.17) is 0 Å². The van der Waals surface area contributed by atoms with E-state index in [0.717, 1.165) is 19.5 Å². The lowest BCUT2D eigenvalue weighted by Gasteiger charge is -2.19. The third-order valence-electron chi connectivity index (χ3n) is 3.92. The van der Waals surface area contributed by atoms with Gasteiger partial charge in [-0.05, 0) is 44.9 Å². The number of hydrogen-bond acceptors (Lipinski definition) is 1. The molecular formula is C20H27N. The van der Waals surface area contributed by atoms with E-state index in [9.17, 15) is 0 Å². The van der Waals surface area contributed by atoms with Crippen LogP contribution in [-0.4, -0.2) is 13.1 Å². The van der Waals surface area contributed by atoms with Gasteiger partial charge in [-0.2, -0.15) is 0 Å². The first-order valence-electron chi connectivity index (χ1n) is 7.93. The molecule has 1 N–H and O–H groups in total. The van der Waals surface area contributed by atoms with Gasteiger partial charge in [-0.15, -0.1) is 0 Å². The fraction of sp³-hybridized carbons (Fsp3) is 0.400. The molecular weight excluding hydrogens is 254 g/mol. The van der Waals surface area contributed by atoms with Crippen molar-refractivity contribution in [2.45, 2.75) is 40.0 Å². The number of hydrogen-bond donors (Lipinski definition) is 1. The summed E-state index contributed by atoms with van der Waals surface area (Å²) in [6.07, 6.45) is 1.10. The third kappa shape index (κ3) is 4.71. The summed E-state index contributed by atoms with van der Waals surface area (Å²) in [6, 6.07) is 15.8. The second-order valence-corrected chi connectivity index (χ2v) is 6.12. The highest BCUT2D eigenvalue weighted by Gasteiger charge is 2.12. The minimum atomic E-state index is 0.533. The molecule has 0 aliphatic heterocycles. The van der Waals surface area contributed by atoms with Crippen LogP contribution in [0.4, 0.5) is 0 Å². The van der Waals surface area contributed by atoms with Gasteiger partial charge >= 0.3 is 0 Å². The Labute approximate surface area is 129 Å². The van der Waals surface area contributed by atoms with E-state index in [1.807, 2.05) is 0 Å². The highest BCUT2D eigenvalue weighted by molar-refractivity contribution is 5.32. The van der Waals surface area contributed by atoms with Gasteiger partial charge in [-0.3, -0.25) is 0 Å². The molecule has 0 spiro atoms. The van der Waals surface area contributed by atoms with Crippen molar-refractivity contribution >= 4 is 0 Å². The highest BCUT2D eigenvalue weighted by Crippen LogP contribution is 2.22. The van der Waals surface area contributed by atoms with Crippen LogP contribution in [0.2, 0.25) is 0 Å². The molecule has 2 aromatic rings. The molecule has 0 saturated heterocycles. The maximum absolute atomic E-state index is 3.52. The van der Waals surface area contributed by atoms with Gasteiger partial charge in [0, 0.05) is 12.5 Å². The molecule has 1 heteroatoms. The molecule has 0 radical (unpaired) electrons. The summed E-state index contributed by atoms with van der Waals surface area (Å²) in [4.78, 5) is 0. The van der Waals surface area contributed by atoms with Crippen LogP contribution < -0.4 is 5.32 Å². The average molecular weight is 281 g/mol. The fourth-order valence-electron chi connectivity index (χ4n) is 3.02. The molecule has 0 aromatic heterocycles. The van der Waals surface area contributed by atoms with Crippen molar-refractivity contribution in [2.24, 2.45) is 0 Å². The zero-order chi connectivity index (χ0) is 15.2. The van der Waals surface area contributed by atoms with Gasteiger partial charge in [0.2, 0.25) is 0 Å². The Bertz CT molecular complexity index is 566. The Kier molecular flexibility index (Phi) is 5.58. The van der Waals surface area contributed by atoms with Gasteiger partial charge in [-0.25, -0.2) is 0 Å². The molecule has 1 nitrogen and oxygen atoms in total. The summed E-state index contributed by atoms with van der Waals surface area (Å²) in [7, 11) is 0. The van der Waals surface area contributed by atoms with Crippen LogP contribution in [0, 0.1) is 20.8 Å². The van der Waals surface area contributed by atoms with Crippen LogP contribution in [-0.2, 0) is 6.42 Å². The van der Waals surface area contributed by atoms with E-state index in [2.05, 4.69) is 75.5 Å². The molecule has 21 heavy (non-hydrogen) atoms. The predicted octanol–water partition coefficient (Wildman–Crippen LogP) is 4.55. The summed E-state index contributed by atoms with van der Waals surface area (Å²) in [5.74, 6) is 0.533. The van der Waals surface area contributed by atoms with Crippen molar-refractivity contribution in [3.63, 3.8) is 0 Å². The molecule has 0 aliphatic rings. The van der Waals surface area contributed by atoms with Crippen molar-refractivity contribution < 1.29 is 0 Å². The molecule has 2 rings (SSSR count). The molecule has 0 fully saturated rings. The van der Waals surface area contributed by atoms with Gasteiger partial charge in [0.1, 0.15) is 0 Å². The van der Waals surface area contributed by atoms with Crippen LogP contribution in [0.1, 0.15) is 40.7 Å². The molecule has 0 heterocycles. The number of nitrogens with one attached hydrogen (secondary N) is 1. The van der Waals surface area contributed by atoms with E-state index in [-0.39, 0.29) is 0 Å². The lowest BCUT2D eigenvalue weighted by Crippen LogP contribution is -2.22. The lowest BCUT2D eigenvalue weighted by molar-refractivity contribution is 0.594. The standard InChI is InChI=1S/C20H27N/c1-5-21-14-20(19-8-6-7-15(2)12-19)13-18-10-16(3)9-17(4)11-18/h6-12,20-21H,5,13-14H2,1-4H3. The summed E-state index contributed by atoms with van der Waals surface area (Å²) < 4.78 is 0. The molecule has 0 bridgehead atoms. The first-order valence-corrected chi connectivity index (χ1v) is 7.93. The summed E-state index contributed by atoms with van der Waals surface area (Å²) in [5.41, 5.74) is 6.94. The van der Waals surface area contributed by atoms with E-state index in [1.54, 1.807) is 0 Å². The van der Waals surface area contributed by atoms with Crippen LogP contribution in [0.3, 0.4) is 0 Å². The van der Waals surface area contributed by atoms with Gasteiger partial charge < -0.3 is 5.32 Å². The van der Waals surface area contributed by atoms with Crippen molar-refractivity contribution in [3.05, 3.63) is 70.3 Å². The predicted molar refractivity (Wildman–Crippen MR) is 92.1 cm³/mol. The van der Waals surface area contributed by atoms with Gasteiger partial charge in [0.25, 0.3) is 0 Å². The summed E-state index contributed by atoms with van der Waals surface area (Å²) in [6.45, 7) is 10.8. The van der Waals surface area contributed by atoms with E-state index >= 15 is 0 Å². The smallest absolute Gasteiger partial charge is 0.00232 e. The topological polar surface area (TPSA) is 12.0 Å². The van der Waals surface area contributed by atoms with Gasteiger partial charge in [0.05, 0.1) is 0 Å². The van der Waals surface area contributed by atoms with Crippen LogP contribution in [0.25, 0.3) is 0 Å². The number of aryl methyl sites for hydroxylation is 3. The normalized spacial score (nSPS) is 12.4. The Morgan fingerprint density at radius 1 is 0.905 bits per heavy atom. The van der Waals surface area contributed by atoms with E-state index in [1.165, 1.54) is 27.8 Å². The minimum absolute atomic E-state index is 0.533. The first-order chi connectivity index (χ1) is 10.1. The largest absolute Gasteiger partial charge is 0.316 e. The van der Waals surface area contributed by atoms with Crippen LogP contribution >= 0.6 is 0 Å².